The van der Waals surface area contributed by atoms with Crippen LogP contribution in [0.25, 0.3) is 11.6 Å². The first-order valence-electron chi connectivity index (χ1n) is 5.33. The topological polar surface area (TPSA) is 23.8 Å². The molecule has 0 heterocycles. The summed E-state index contributed by atoms with van der Waals surface area (Å²) in [7, 11) is 0. The molecule has 0 bridgehead atoms. The van der Waals surface area contributed by atoms with Crippen LogP contribution in [0.2, 0.25) is 0 Å². The van der Waals surface area contributed by atoms with E-state index in [4.69, 9.17) is 5.26 Å². The highest BCUT2D eigenvalue weighted by molar-refractivity contribution is 5.89. The minimum atomic E-state index is -0.737. The Morgan fingerprint density at radius 2 is 1.78 bits per heavy atom. The SMILES string of the molecule is N#C/C(=C\c1ccccc1)c1ccc(F)cc1F. The minimum Gasteiger partial charge on any atom is -0.207 e. The zero-order chi connectivity index (χ0) is 13.0. The monoisotopic (exact) mass is 241 g/mol. The first-order valence-corrected chi connectivity index (χ1v) is 5.33. The van der Waals surface area contributed by atoms with Gasteiger partial charge in [0.05, 0.1) is 11.6 Å². The molecule has 0 unspecified atom stereocenters. The Labute approximate surface area is 104 Å². The Morgan fingerprint density at radius 3 is 2.39 bits per heavy atom. The molecule has 18 heavy (non-hydrogen) atoms. The molecule has 2 aromatic carbocycles. The molecule has 0 aliphatic carbocycles. The molecule has 1 nitrogen and oxygen atoms in total. The number of hydrogen-bond acceptors (Lipinski definition) is 1. The van der Waals surface area contributed by atoms with Crippen LogP contribution < -0.4 is 0 Å². The Kier molecular flexibility index (Phi) is 3.49. The maximum absolute atomic E-state index is 13.6. The lowest BCUT2D eigenvalue weighted by molar-refractivity contribution is 0.581. The molecular formula is C15H9F2N. The van der Waals surface area contributed by atoms with Crippen molar-refractivity contribution in [3.05, 3.63) is 71.3 Å². The van der Waals surface area contributed by atoms with Crippen molar-refractivity contribution in [2.75, 3.05) is 0 Å². The highest BCUT2D eigenvalue weighted by Gasteiger charge is 2.08. The molecule has 0 amide bonds. The number of allylic oxidation sites excluding steroid dienone is 1. The van der Waals surface area contributed by atoms with E-state index in [0.717, 1.165) is 17.7 Å². The van der Waals surface area contributed by atoms with E-state index >= 15 is 0 Å². The molecule has 0 aliphatic rings. The first-order chi connectivity index (χ1) is 8.70. The van der Waals surface area contributed by atoms with Gasteiger partial charge >= 0.3 is 0 Å². The van der Waals surface area contributed by atoms with E-state index in [-0.39, 0.29) is 11.1 Å². The van der Waals surface area contributed by atoms with Gasteiger partial charge in [0, 0.05) is 11.6 Å². The predicted octanol–water partition coefficient (Wildman–Crippen LogP) is 4.03. The van der Waals surface area contributed by atoms with Gasteiger partial charge in [-0.2, -0.15) is 5.26 Å². The number of nitrogens with zero attached hydrogens (tertiary/aromatic N) is 1. The highest BCUT2D eigenvalue weighted by atomic mass is 19.1. The first kappa shape index (κ1) is 12.0. The van der Waals surface area contributed by atoms with Gasteiger partial charge in [0.25, 0.3) is 0 Å². The molecule has 88 valence electrons. The second kappa shape index (κ2) is 5.24. The van der Waals surface area contributed by atoms with Crippen LogP contribution in [-0.4, -0.2) is 0 Å². The molecule has 0 aliphatic heterocycles. The van der Waals surface area contributed by atoms with Crippen LogP contribution >= 0.6 is 0 Å². The van der Waals surface area contributed by atoms with Crippen molar-refractivity contribution in [1.29, 1.82) is 5.26 Å². The van der Waals surface area contributed by atoms with Gasteiger partial charge in [-0.1, -0.05) is 30.3 Å². The summed E-state index contributed by atoms with van der Waals surface area (Å²) in [5.41, 5.74) is 1.05. The average molecular weight is 241 g/mol. The molecule has 0 radical (unpaired) electrons. The van der Waals surface area contributed by atoms with Crippen LogP contribution in [0.4, 0.5) is 8.78 Å². The van der Waals surface area contributed by atoms with Crippen molar-refractivity contribution in [1.82, 2.24) is 0 Å². The van der Waals surface area contributed by atoms with Crippen LogP contribution in [0.15, 0.2) is 48.5 Å². The summed E-state index contributed by atoms with van der Waals surface area (Å²) in [5, 5.41) is 9.06. The summed E-state index contributed by atoms with van der Waals surface area (Å²) in [6, 6.07) is 14.2. The maximum atomic E-state index is 13.6. The van der Waals surface area contributed by atoms with Crippen molar-refractivity contribution in [2.45, 2.75) is 0 Å². The minimum absolute atomic E-state index is 0.0998. The summed E-state index contributed by atoms with van der Waals surface area (Å²) in [6.07, 6.45) is 1.57. The Bertz CT molecular complexity index is 625. The van der Waals surface area contributed by atoms with Gasteiger partial charge < -0.3 is 0 Å². The third-order valence-corrected chi connectivity index (χ3v) is 2.45. The number of halogens is 2. The van der Waals surface area contributed by atoms with E-state index in [2.05, 4.69) is 0 Å². The molecule has 0 saturated carbocycles. The van der Waals surface area contributed by atoms with Crippen LogP contribution in [0.3, 0.4) is 0 Å². The average Bonchev–Trinajstić information content (AvgIpc) is 2.38. The maximum Gasteiger partial charge on any atom is 0.134 e. The van der Waals surface area contributed by atoms with E-state index in [1.807, 2.05) is 24.3 Å². The third kappa shape index (κ3) is 2.61. The van der Waals surface area contributed by atoms with Gasteiger partial charge in [0.15, 0.2) is 0 Å². The smallest absolute Gasteiger partial charge is 0.134 e. The normalized spacial score (nSPS) is 11.1. The van der Waals surface area contributed by atoms with E-state index in [0.29, 0.717) is 0 Å². The second-order valence-corrected chi connectivity index (χ2v) is 3.70. The summed E-state index contributed by atoms with van der Waals surface area (Å²) in [5.74, 6) is -1.40. The third-order valence-electron chi connectivity index (χ3n) is 2.45. The molecule has 0 atom stereocenters. The van der Waals surface area contributed by atoms with Gasteiger partial charge in [-0.3, -0.25) is 0 Å². The Balaban J connectivity index is 2.47. The second-order valence-electron chi connectivity index (χ2n) is 3.70. The number of hydrogen-bond donors (Lipinski definition) is 0. The van der Waals surface area contributed by atoms with E-state index in [1.165, 1.54) is 6.07 Å². The summed E-state index contributed by atoms with van der Waals surface area (Å²) in [4.78, 5) is 0. The molecule has 0 N–H and O–H groups in total. The molecule has 0 spiro atoms. The van der Waals surface area contributed by atoms with Gasteiger partial charge in [-0.25, -0.2) is 8.78 Å². The lowest BCUT2D eigenvalue weighted by atomic mass is 10.0. The van der Waals surface area contributed by atoms with Crippen molar-refractivity contribution in [2.24, 2.45) is 0 Å². The lowest BCUT2D eigenvalue weighted by Gasteiger charge is -2.01. The van der Waals surface area contributed by atoms with Crippen LogP contribution in [0.1, 0.15) is 11.1 Å². The van der Waals surface area contributed by atoms with Crippen molar-refractivity contribution in [3.8, 4) is 6.07 Å². The number of rotatable bonds is 2. The van der Waals surface area contributed by atoms with E-state index in [1.54, 1.807) is 18.2 Å². The van der Waals surface area contributed by atoms with Gasteiger partial charge in [-0.15, -0.1) is 0 Å². The molecule has 0 saturated heterocycles. The summed E-state index contributed by atoms with van der Waals surface area (Å²) < 4.78 is 26.4. The van der Waals surface area contributed by atoms with Gasteiger partial charge in [0.2, 0.25) is 0 Å². The van der Waals surface area contributed by atoms with Gasteiger partial charge in [0.1, 0.15) is 11.6 Å². The molecule has 3 heteroatoms. The van der Waals surface area contributed by atoms with Crippen LogP contribution in [-0.2, 0) is 0 Å². The van der Waals surface area contributed by atoms with E-state index < -0.39 is 11.6 Å². The Morgan fingerprint density at radius 1 is 1.06 bits per heavy atom. The predicted molar refractivity (Wildman–Crippen MR) is 66.3 cm³/mol. The fourth-order valence-corrected chi connectivity index (χ4v) is 1.59. The number of nitriles is 1. The largest absolute Gasteiger partial charge is 0.207 e. The van der Waals surface area contributed by atoms with Crippen molar-refractivity contribution >= 4 is 11.6 Å². The van der Waals surface area contributed by atoms with Crippen molar-refractivity contribution in [3.63, 3.8) is 0 Å². The molecule has 2 aromatic rings. The lowest BCUT2D eigenvalue weighted by Crippen LogP contribution is -1.89. The highest BCUT2D eigenvalue weighted by Crippen LogP contribution is 2.21. The molecule has 2 rings (SSSR count). The molecule has 0 fully saturated rings. The van der Waals surface area contributed by atoms with E-state index in [9.17, 15) is 8.78 Å². The Hall–Kier alpha value is -2.47. The fraction of sp³-hybridized carbons (Fsp3) is 0. The molecule has 0 aromatic heterocycles. The summed E-state index contributed by atoms with van der Waals surface area (Å²) in [6.45, 7) is 0. The standard InChI is InChI=1S/C15H9F2N/c16-13-6-7-14(15(17)9-13)12(10-18)8-11-4-2-1-3-5-11/h1-9H/b12-8+. The molecular weight excluding hydrogens is 232 g/mol. The summed E-state index contributed by atoms with van der Waals surface area (Å²) >= 11 is 0. The van der Waals surface area contributed by atoms with Crippen LogP contribution in [0.5, 0.6) is 0 Å². The zero-order valence-corrected chi connectivity index (χ0v) is 9.40. The van der Waals surface area contributed by atoms with Crippen molar-refractivity contribution < 1.29 is 8.78 Å². The quantitative estimate of drug-likeness (QED) is 0.575. The van der Waals surface area contributed by atoms with Crippen LogP contribution in [0, 0.1) is 23.0 Å². The fourth-order valence-electron chi connectivity index (χ4n) is 1.59. The van der Waals surface area contributed by atoms with Gasteiger partial charge in [-0.05, 0) is 23.8 Å². The number of benzene rings is 2. The zero-order valence-electron chi connectivity index (χ0n) is 9.40.